The number of rotatable bonds is 5. The van der Waals surface area contributed by atoms with Gasteiger partial charge in [-0.05, 0) is 31.3 Å². The maximum atomic E-state index is 5.25. The van der Waals surface area contributed by atoms with Crippen LogP contribution in [0.1, 0.15) is 5.69 Å². The lowest BCUT2D eigenvalue weighted by atomic mass is 10.2. The molecule has 0 bridgehead atoms. The average molecular weight is 257 g/mol. The Kier molecular flexibility index (Phi) is 4.36. The van der Waals surface area contributed by atoms with Gasteiger partial charge in [0.15, 0.2) is 0 Å². The minimum atomic E-state index is 0.764. The Labute approximate surface area is 114 Å². The molecular formula is C15H19N3O. The number of hydrogen-bond donors (Lipinski definition) is 1. The molecule has 2 rings (SSSR count). The van der Waals surface area contributed by atoms with Crippen molar-refractivity contribution in [3.8, 4) is 5.75 Å². The van der Waals surface area contributed by atoms with E-state index < -0.39 is 0 Å². The zero-order valence-electron chi connectivity index (χ0n) is 11.6. The number of pyridine rings is 1. The second kappa shape index (κ2) is 6.20. The molecule has 0 saturated heterocycles. The van der Waals surface area contributed by atoms with Crippen molar-refractivity contribution in [2.75, 3.05) is 26.1 Å². The number of nitrogens with zero attached hydrogens (tertiary/aromatic N) is 2. The Morgan fingerprint density at radius 2 is 2.00 bits per heavy atom. The normalized spacial score (nSPS) is 10.3. The predicted molar refractivity (Wildman–Crippen MR) is 78.1 cm³/mol. The van der Waals surface area contributed by atoms with Crippen LogP contribution in [0.5, 0.6) is 5.75 Å². The second-order valence-corrected chi connectivity index (χ2v) is 4.28. The van der Waals surface area contributed by atoms with Crippen LogP contribution >= 0.6 is 0 Å². The van der Waals surface area contributed by atoms with Gasteiger partial charge in [0.25, 0.3) is 0 Å². The summed E-state index contributed by atoms with van der Waals surface area (Å²) in [6, 6.07) is 14.0. The van der Waals surface area contributed by atoms with E-state index in [4.69, 9.17) is 4.74 Å². The SMILES string of the molecule is CNCc1cccc(N(C)c2cccc(OC)c2)n1. The summed E-state index contributed by atoms with van der Waals surface area (Å²) in [4.78, 5) is 6.66. The number of hydrogen-bond acceptors (Lipinski definition) is 4. The Hall–Kier alpha value is -2.07. The highest BCUT2D eigenvalue weighted by Gasteiger charge is 2.06. The van der Waals surface area contributed by atoms with Gasteiger partial charge in [-0.15, -0.1) is 0 Å². The van der Waals surface area contributed by atoms with Gasteiger partial charge in [0.1, 0.15) is 11.6 Å². The van der Waals surface area contributed by atoms with Crippen molar-refractivity contribution in [1.82, 2.24) is 10.3 Å². The van der Waals surface area contributed by atoms with Crippen molar-refractivity contribution in [1.29, 1.82) is 0 Å². The predicted octanol–water partition coefficient (Wildman–Crippen LogP) is 2.58. The van der Waals surface area contributed by atoms with Crippen molar-refractivity contribution in [3.05, 3.63) is 48.2 Å². The van der Waals surface area contributed by atoms with Crippen LogP contribution in [0.2, 0.25) is 0 Å². The number of anilines is 2. The van der Waals surface area contributed by atoms with Crippen molar-refractivity contribution in [2.45, 2.75) is 6.54 Å². The molecule has 19 heavy (non-hydrogen) atoms. The molecule has 0 atom stereocenters. The Bertz CT molecular complexity index is 542. The van der Waals surface area contributed by atoms with Crippen LogP contribution in [0.4, 0.5) is 11.5 Å². The Balaban J connectivity index is 2.27. The smallest absolute Gasteiger partial charge is 0.133 e. The van der Waals surface area contributed by atoms with Gasteiger partial charge in [0.05, 0.1) is 12.8 Å². The molecule has 0 aliphatic heterocycles. The van der Waals surface area contributed by atoms with Crippen LogP contribution in [0.3, 0.4) is 0 Å². The van der Waals surface area contributed by atoms with E-state index in [9.17, 15) is 0 Å². The lowest BCUT2D eigenvalue weighted by Gasteiger charge is -2.19. The molecule has 100 valence electrons. The first-order valence-corrected chi connectivity index (χ1v) is 6.23. The minimum absolute atomic E-state index is 0.764. The molecule has 1 N–H and O–H groups in total. The largest absolute Gasteiger partial charge is 0.497 e. The van der Waals surface area contributed by atoms with Gasteiger partial charge in [-0.2, -0.15) is 0 Å². The average Bonchev–Trinajstić information content (AvgIpc) is 2.47. The maximum Gasteiger partial charge on any atom is 0.133 e. The highest BCUT2D eigenvalue weighted by molar-refractivity contribution is 5.60. The zero-order chi connectivity index (χ0) is 13.7. The van der Waals surface area contributed by atoms with Gasteiger partial charge in [-0.25, -0.2) is 4.98 Å². The van der Waals surface area contributed by atoms with E-state index in [0.29, 0.717) is 0 Å². The van der Waals surface area contributed by atoms with Crippen LogP contribution in [-0.4, -0.2) is 26.2 Å². The third-order valence-electron chi connectivity index (χ3n) is 2.93. The fourth-order valence-electron chi connectivity index (χ4n) is 1.88. The molecule has 1 aromatic carbocycles. The van der Waals surface area contributed by atoms with Gasteiger partial charge in [-0.1, -0.05) is 12.1 Å². The van der Waals surface area contributed by atoms with Crippen LogP contribution in [0, 0.1) is 0 Å². The fraction of sp³-hybridized carbons (Fsp3) is 0.267. The molecule has 4 heteroatoms. The van der Waals surface area contributed by atoms with Crippen LogP contribution in [0.25, 0.3) is 0 Å². The van der Waals surface area contributed by atoms with Gasteiger partial charge in [0, 0.05) is 25.3 Å². The van der Waals surface area contributed by atoms with Crippen molar-refractivity contribution in [3.63, 3.8) is 0 Å². The summed E-state index contributed by atoms with van der Waals surface area (Å²) < 4.78 is 5.25. The number of nitrogens with one attached hydrogen (secondary N) is 1. The molecule has 0 fully saturated rings. The molecule has 0 amide bonds. The van der Waals surface area contributed by atoms with E-state index in [1.165, 1.54) is 0 Å². The first-order chi connectivity index (χ1) is 9.24. The molecule has 2 aromatic rings. The van der Waals surface area contributed by atoms with Crippen LogP contribution in [-0.2, 0) is 6.54 Å². The summed E-state index contributed by atoms with van der Waals surface area (Å²) in [6.07, 6.45) is 0. The van der Waals surface area contributed by atoms with E-state index in [2.05, 4.69) is 10.3 Å². The summed E-state index contributed by atoms with van der Waals surface area (Å²) in [5.74, 6) is 1.76. The van der Waals surface area contributed by atoms with Crippen molar-refractivity contribution >= 4 is 11.5 Å². The van der Waals surface area contributed by atoms with Crippen LogP contribution in [0.15, 0.2) is 42.5 Å². The number of ether oxygens (including phenoxy) is 1. The zero-order valence-corrected chi connectivity index (χ0v) is 11.6. The van der Waals surface area contributed by atoms with Gasteiger partial charge in [-0.3, -0.25) is 0 Å². The molecule has 0 aliphatic carbocycles. The summed E-state index contributed by atoms with van der Waals surface area (Å²) in [7, 11) is 5.59. The molecular weight excluding hydrogens is 238 g/mol. The summed E-state index contributed by atoms with van der Waals surface area (Å²) in [5.41, 5.74) is 2.07. The van der Waals surface area contributed by atoms with Crippen molar-refractivity contribution < 1.29 is 4.74 Å². The third-order valence-corrected chi connectivity index (χ3v) is 2.93. The highest BCUT2D eigenvalue weighted by Crippen LogP contribution is 2.25. The highest BCUT2D eigenvalue weighted by atomic mass is 16.5. The van der Waals surface area contributed by atoms with Gasteiger partial charge >= 0.3 is 0 Å². The molecule has 0 spiro atoms. The fourth-order valence-corrected chi connectivity index (χ4v) is 1.88. The van der Waals surface area contributed by atoms with Gasteiger partial charge < -0.3 is 15.0 Å². The molecule has 1 aromatic heterocycles. The van der Waals surface area contributed by atoms with Crippen molar-refractivity contribution in [2.24, 2.45) is 0 Å². The molecule has 0 aliphatic rings. The Morgan fingerprint density at radius 3 is 2.74 bits per heavy atom. The number of benzene rings is 1. The van der Waals surface area contributed by atoms with E-state index in [0.717, 1.165) is 29.5 Å². The Morgan fingerprint density at radius 1 is 1.21 bits per heavy atom. The first-order valence-electron chi connectivity index (χ1n) is 6.23. The van der Waals surface area contributed by atoms with E-state index >= 15 is 0 Å². The lowest BCUT2D eigenvalue weighted by Crippen LogP contribution is -2.13. The quantitative estimate of drug-likeness (QED) is 0.893. The van der Waals surface area contributed by atoms with Crippen LogP contribution < -0.4 is 15.0 Å². The molecule has 0 saturated carbocycles. The summed E-state index contributed by atoms with van der Waals surface area (Å²) in [5, 5.41) is 3.11. The van der Waals surface area contributed by atoms with E-state index in [1.807, 2.05) is 61.5 Å². The third kappa shape index (κ3) is 3.23. The maximum absolute atomic E-state index is 5.25. The monoisotopic (exact) mass is 257 g/mol. The summed E-state index contributed by atoms with van der Waals surface area (Å²) >= 11 is 0. The minimum Gasteiger partial charge on any atom is -0.497 e. The number of methoxy groups -OCH3 is 1. The van der Waals surface area contributed by atoms with Gasteiger partial charge in [0.2, 0.25) is 0 Å². The molecule has 4 nitrogen and oxygen atoms in total. The van der Waals surface area contributed by atoms with E-state index in [1.54, 1.807) is 7.11 Å². The standard InChI is InChI=1S/C15H19N3O/c1-16-11-12-6-4-9-15(17-12)18(2)13-7-5-8-14(10-13)19-3/h4-10,16H,11H2,1-3H3. The molecule has 1 heterocycles. The topological polar surface area (TPSA) is 37.4 Å². The summed E-state index contributed by atoms with van der Waals surface area (Å²) in [6.45, 7) is 0.764. The first kappa shape index (κ1) is 13.4. The molecule has 0 unspecified atom stereocenters. The van der Waals surface area contributed by atoms with E-state index in [-0.39, 0.29) is 0 Å². The number of aromatic nitrogens is 1. The molecule has 0 radical (unpaired) electrons. The lowest BCUT2D eigenvalue weighted by molar-refractivity contribution is 0.415. The second-order valence-electron chi connectivity index (χ2n) is 4.28.